The number of carbonyl (C=O) groups is 2. The van der Waals surface area contributed by atoms with Crippen LogP contribution < -0.4 is 10.6 Å². The van der Waals surface area contributed by atoms with E-state index in [1.165, 1.54) is 24.3 Å². The molecule has 4 nitrogen and oxygen atoms in total. The molecule has 0 aliphatic heterocycles. The van der Waals surface area contributed by atoms with Crippen molar-refractivity contribution < 1.29 is 14.0 Å². The lowest BCUT2D eigenvalue weighted by Gasteiger charge is -2.10. The van der Waals surface area contributed by atoms with E-state index in [0.717, 1.165) is 11.1 Å². The fourth-order valence-corrected chi connectivity index (χ4v) is 2.39. The topological polar surface area (TPSA) is 58.2 Å². The third-order valence-electron chi connectivity index (χ3n) is 3.47. The average Bonchev–Trinajstić information content (AvgIpc) is 2.59. The zero-order chi connectivity index (χ0) is 18.4. The van der Waals surface area contributed by atoms with Gasteiger partial charge in [0.15, 0.2) is 0 Å². The van der Waals surface area contributed by atoms with Gasteiger partial charge in [-0.1, -0.05) is 29.8 Å². The molecule has 0 aliphatic rings. The van der Waals surface area contributed by atoms with E-state index < -0.39 is 11.7 Å². The minimum atomic E-state index is -0.416. The number of allylic oxidation sites excluding steroid dienone is 1. The lowest BCUT2D eigenvalue weighted by Crippen LogP contribution is -2.28. The number of carbonyl (C=O) groups excluding carboxylic acids is 2. The van der Waals surface area contributed by atoms with Crippen LogP contribution in [0.25, 0.3) is 0 Å². The van der Waals surface area contributed by atoms with Gasteiger partial charge in [-0.25, -0.2) is 4.39 Å². The second-order valence-electron chi connectivity index (χ2n) is 5.57. The average molecular weight is 405 g/mol. The summed E-state index contributed by atoms with van der Waals surface area (Å²) in [7, 11) is 0. The molecular formula is C19H18BrFN2O2. The quantitative estimate of drug-likeness (QED) is 0.744. The highest BCUT2D eigenvalue weighted by Crippen LogP contribution is 2.12. The molecule has 0 aliphatic carbocycles. The Bertz CT molecular complexity index is 816. The van der Waals surface area contributed by atoms with Crippen LogP contribution in [0.5, 0.6) is 0 Å². The van der Waals surface area contributed by atoms with Crippen molar-refractivity contribution in [2.24, 2.45) is 0 Å². The molecule has 0 bridgehead atoms. The summed E-state index contributed by atoms with van der Waals surface area (Å²) in [4.78, 5) is 24.3. The Morgan fingerprint density at radius 3 is 2.44 bits per heavy atom. The largest absolute Gasteiger partial charge is 0.347 e. The number of amides is 2. The van der Waals surface area contributed by atoms with Gasteiger partial charge < -0.3 is 10.6 Å². The molecular weight excluding hydrogens is 387 g/mol. The van der Waals surface area contributed by atoms with E-state index in [0.29, 0.717) is 17.8 Å². The van der Waals surface area contributed by atoms with E-state index in [4.69, 9.17) is 0 Å². The highest BCUT2D eigenvalue weighted by molar-refractivity contribution is 9.12. The second kappa shape index (κ2) is 8.58. The fraction of sp³-hybridized carbons (Fsp3) is 0.158. The number of benzene rings is 2. The molecule has 25 heavy (non-hydrogen) atoms. The Hall–Kier alpha value is -2.47. The molecule has 0 saturated carbocycles. The van der Waals surface area contributed by atoms with Gasteiger partial charge in [0.25, 0.3) is 11.8 Å². The number of aryl methyl sites for hydroxylation is 1. The zero-order valence-corrected chi connectivity index (χ0v) is 15.5. The number of rotatable bonds is 5. The van der Waals surface area contributed by atoms with Crippen LogP contribution in [0.15, 0.2) is 58.7 Å². The molecule has 2 rings (SSSR count). The summed E-state index contributed by atoms with van der Waals surface area (Å²) in [6, 6.07) is 13.0. The van der Waals surface area contributed by atoms with Crippen LogP contribution in [0.2, 0.25) is 0 Å². The number of hydrogen-bond acceptors (Lipinski definition) is 2. The van der Waals surface area contributed by atoms with Gasteiger partial charge >= 0.3 is 0 Å². The van der Waals surface area contributed by atoms with Gasteiger partial charge in [0.05, 0.1) is 0 Å². The molecule has 0 unspecified atom stereocenters. The van der Waals surface area contributed by atoms with Gasteiger partial charge in [-0.15, -0.1) is 0 Å². The normalized spacial score (nSPS) is 11.5. The highest BCUT2D eigenvalue weighted by atomic mass is 79.9. The van der Waals surface area contributed by atoms with Crippen molar-refractivity contribution in [3.05, 3.63) is 81.2 Å². The van der Waals surface area contributed by atoms with E-state index in [1.54, 1.807) is 6.92 Å². The van der Waals surface area contributed by atoms with Crippen LogP contribution in [0.4, 0.5) is 4.39 Å². The molecule has 0 fully saturated rings. The predicted molar refractivity (Wildman–Crippen MR) is 98.5 cm³/mol. The van der Waals surface area contributed by atoms with Gasteiger partial charge in [-0.05, 0) is 59.6 Å². The van der Waals surface area contributed by atoms with Gasteiger partial charge in [0.1, 0.15) is 10.3 Å². The van der Waals surface area contributed by atoms with Crippen LogP contribution in [0.3, 0.4) is 0 Å². The maximum Gasteiger partial charge on any atom is 0.260 e. The molecule has 2 N–H and O–H groups in total. The van der Waals surface area contributed by atoms with Crippen molar-refractivity contribution in [3.63, 3.8) is 0 Å². The summed E-state index contributed by atoms with van der Waals surface area (Å²) in [6.07, 6.45) is 0. The first kappa shape index (κ1) is 18.9. The van der Waals surface area contributed by atoms with Crippen molar-refractivity contribution in [1.29, 1.82) is 0 Å². The maximum atomic E-state index is 12.9. The van der Waals surface area contributed by atoms with Crippen molar-refractivity contribution >= 4 is 27.7 Å². The summed E-state index contributed by atoms with van der Waals surface area (Å²) < 4.78 is 13.1. The summed E-state index contributed by atoms with van der Waals surface area (Å²) in [5, 5.41) is 5.40. The minimum Gasteiger partial charge on any atom is -0.347 e. The van der Waals surface area contributed by atoms with Crippen molar-refractivity contribution in [2.45, 2.75) is 20.4 Å². The Morgan fingerprint density at radius 2 is 1.80 bits per heavy atom. The third-order valence-corrected chi connectivity index (χ3v) is 4.43. The fourth-order valence-electron chi connectivity index (χ4n) is 2.15. The van der Waals surface area contributed by atoms with Crippen LogP contribution in [-0.2, 0) is 11.3 Å². The van der Waals surface area contributed by atoms with E-state index >= 15 is 0 Å². The van der Waals surface area contributed by atoms with Gasteiger partial charge in [0.2, 0.25) is 0 Å². The Morgan fingerprint density at radius 1 is 1.12 bits per heavy atom. The predicted octanol–water partition coefficient (Wildman–Crippen LogP) is 3.81. The molecule has 0 aromatic heterocycles. The van der Waals surface area contributed by atoms with Gasteiger partial charge in [-0.3, -0.25) is 9.59 Å². The lowest BCUT2D eigenvalue weighted by molar-refractivity contribution is -0.116. The smallest absolute Gasteiger partial charge is 0.260 e. The summed E-state index contributed by atoms with van der Waals surface area (Å²) in [6.45, 7) is 3.98. The van der Waals surface area contributed by atoms with Crippen molar-refractivity contribution in [1.82, 2.24) is 10.6 Å². The standard InChI is InChI=1S/C19H18BrFN2O2/c1-12-4-3-5-14(10-12)11-22-19(25)17(20)13(2)23-18(24)15-6-8-16(21)9-7-15/h3-10H,11H2,1-2H3,(H,22,25)(H,23,24)/b17-13-. The van der Waals surface area contributed by atoms with Crippen molar-refractivity contribution in [2.75, 3.05) is 0 Å². The highest BCUT2D eigenvalue weighted by Gasteiger charge is 2.13. The molecule has 2 aromatic rings. The molecule has 130 valence electrons. The Kier molecular flexibility index (Phi) is 6.47. The third kappa shape index (κ3) is 5.53. The maximum absolute atomic E-state index is 12.9. The molecule has 0 heterocycles. The van der Waals surface area contributed by atoms with Crippen LogP contribution in [0, 0.1) is 12.7 Å². The number of halogens is 2. The minimum absolute atomic E-state index is 0.232. The zero-order valence-electron chi connectivity index (χ0n) is 13.9. The molecule has 0 saturated heterocycles. The number of hydrogen-bond donors (Lipinski definition) is 2. The van der Waals surface area contributed by atoms with E-state index in [9.17, 15) is 14.0 Å². The molecule has 6 heteroatoms. The van der Waals surface area contributed by atoms with Crippen LogP contribution in [-0.4, -0.2) is 11.8 Å². The summed E-state index contributed by atoms with van der Waals surface area (Å²) in [5.74, 6) is -1.17. The molecule has 0 spiro atoms. The first-order valence-electron chi connectivity index (χ1n) is 7.64. The summed E-state index contributed by atoms with van der Waals surface area (Å²) >= 11 is 3.20. The lowest BCUT2D eigenvalue weighted by atomic mass is 10.1. The summed E-state index contributed by atoms with van der Waals surface area (Å²) in [5.41, 5.74) is 2.78. The molecule has 0 atom stereocenters. The molecule has 2 amide bonds. The van der Waals surface area contributed by atoms with Crippen LogP contribution in [0.1, 0.15) is 28.4 Å². The molecule has 2 aromatic carbocycles. The van der Waals surface area contributed by atoms with Crippen molar-refractivity contribution in [3.8, 4) is 0 Å². The van der Waals surface area contributed by atoms with E-state index in [2.05, 4.69) is 26.6 Å². The SMILES string of the molecule is C/C(NC(=O)c1ccc(F)cc1)=C(/Br)C(=O)NCc1cccc(C)c1. The first-order chi connectivity index (χ1) is 11.9. The number of nitrogens with one attached hydrogen (secondary N) is 2. The molecule has 0 radical (unpaired) electrons. The van der Waals surface area contributed by atoms with E-state index in [1.807, 2.05) is 31.2 Å². The first-order valence-corrected chi connectivity index (χ1v) is 8.43. The van der Waals surface area contributed by atoms with Gasteiger partial charge in [0, 0.05) is 17.8 Å². The second-order valence-corrected chi connectivity index (χ2v) is 6.36. The van der Waals surface area contributed by atoms with Gasteiger partial charge in [-0.2, -0.15) is 0 Å². The van der Waals surface area contributed by atoms with E-state index in [-0.39, 0.29) is 10.4 Å². The monoisotopic (exact) mass is 404 g/mol. The Labute approximate surface area is 154 Å². The van der Waals surface area contributed by atoms with Crippen LogP contribution >= 0.6 is 15.9 Å². The Balaban J connectivity index is 1.98.